The molecular formula is C16H24N2O2. The highest BCUT2D eigenvalue weighted by Crippen LogP contribution is 2.24. The summed E-state index contributed by atoms with van der Waals surface area (Å²) in [5, 5.41) is 6.12. The molecule has 1 fully saturated rings. The molecule has 4 heteroatoms. The van der Waals surface area contributed by atoms with Crippen molar-refractivity contribution in [3.05, 3.63) is 29.3 Å². The maximum atomic E-state index is 11.9. The van der Waals surface area contributed by atoms with Crippen LogP contribution in [0.4, 0.5) is 0 Å². The van der Waals surface area contributed by atoms with Gasteiger partial charge >= 0.3 is 0 Å². The third kappa shape index (κ3) is 3.51. The second-order valence-electron chi connectivity index (χ2n) is 5.43. The summed E-state index contributed by atoms with van der Waals surface area (Å²) in [6.45, 7) is 4.90. The van der Waals surface area contributed by atoms with E-state index in [1.54, 1.807) is 0 Å². The number of benzene rings is 1. The number of amides is 1. The Bertz CT molecular complexity index is 474. The van der Waals surface area contributed by atoms with E-state index in [1.165, 1.54) is 5.56 Å². The summed E-state index contributed by atoms with van der Waals surface area (Å²) >= 11 is 0. The van der Waals surface area contributed by atoms with Crippen LogP contribution < -0.4 is 15.4 Å². The molecular weight excluding hydrogens is 252 g/mol. The highest BCUT2D eigenvalue weighted by atomic mass is 16.5. The van der Waals surface area contributed by atoms with Crippen LogP contribution in [-0.2, 0) is 4.79 Å². The number of carbonyl (C=O) groups excluding carboxylic acids is 1. The molecule has 1 saturated heterocycles. The van der Waals surface area contributed by atoms with E-state index in [0.29, 0.717) is 6.04 Å². The van der Waals surface area contributed by atoms with E-state index in [9.17, 15) is 4.79 Å². The Morgan fingerprint density at radius 3 is 2.90 bits per heavy atom. The lowest BCUT2D eigenvalue weighted by molar-refractivity contribution is -0.127. The molecule has 0 bridgehead atoms. The number of aryl methyl sites for hydroxylation is 1. The summed E-state index contributed by atoms with van der Waals surface area (Å²) in [7, 11) is 1.94. The monoisotopic (exact) mass is 276 g/mol. The van der Waals surface area contributed by atoms with Crippen molar-refractivity contribution in [2.75, 3.05) is 13.6 Å². The van der Waals surface area contributed by atoms with Crippen molar-refractivity contribution in [2.45, 2.75) is 45.3 Å². The molecule has 20 heavy (non-hydrogen) atoms. The highest BCUT2D eigenvalue weighted by Gasteiger charge is 2.22. The lowest BCUT2D eigenvalue weighted by Gasteiger charge is -2.19. The molecule has 1 aliphatic rings. The van der Waals surface area contributed by atoms with Gasteiger partial charge in [-0.15, -0.1) is 0 Å². The van der Waals surface area contributed by atoms with Gasteiger partial charge in [0.05, 0.1) is 0 Å². The van der Waals surface area contributed by atoms with E-state index in [2.05, 4.69) is 29.7 Å². The van der Waals surface area contributed by atoms with Crippen molar-refractivity contribution in [3.8, 4) is 5.75 Å². The van der Waals surface area contributed by atoms with Gasteiger partial charge in [0, 0.05) is 12.6 Å². The van der Waals surface area contributed by atoms with Gasteiger partial charge in [-0.2, -0.15) is 0 Å². The van der Waals surface area contributed by atoms with Gasteiger partial charge in [0.2, 0.25) is 0 Å². The van der Waals surface area contributed by atoms with Crippen LogP contribution in [-0.4, -0.2) is 25.6 Å². The van der Waals surface area contributed by atoms with Gasteiger partial charge in [-0.1, -0.05) is 12.1 Å². The number of rotatable bonds is 4. The number of carbonyl (C=O) groups is 1. The second-order valence-corrected chi connectivity index (χ2v) is 5.43. The van der Waals surface area contributed by atoms with E-state index in [4.69, 9.17) is 4.74 Å². The molecule has 2 unspecified atom stereocenters. The van der Waals surface area contributed by atoms with E-state index >= 15 is 0 Å². The smallest absolute Gasteiger partial charge is 0.261 e. The Labute approximate surface area is 120 Å². The summed E-state index contributed by atoms with van der Waals surface area (Å²) in [6, 6.07) is 6.45. The number of hydrogen-bond donors (Lipinski definition) is 2. The fourth-order valence-corrected chi connectivity index (χ4v) is 2.42. The predicted molar refractivity (Wildman–Crippen MR) is 79.9 cm³/mol. The lowest BCUT2D eigenvalue weighted by atomic mass is 10.0. The quantitative estimate of drug-likeness (QED) is 0.887. The average molecular weight is 276 g/mol. The molecule has 1 heterocycles. The van der Waals surface area contributed by atoms with Crippen molar-refractivity contribution in [1.29, 1.82) is 0 Å². The van der Waals surface area contributed by atoms with Crippen LogP contribution in [0.15, 0.2) is 18.2 Å². The molecule has 1 aromatic carbocycles. The standard InChI is InChI=1S/C16H24N2O2/c1-11-10-13(12(2)17-3)7-8-14(11)20-15-6-4-5-9-18-16(15)19/h7-8,10,12,15,17H,4-6,9H2,1-3H3,(H,18,19). The molecule has 2 N–H and O–H groups in total. The Hall–Kier alpha value is -1.55. The van der Waals surface area contributed by atoms with Gasteiger partial charge < -0.3 is 15.4 Å². The normalized spacial score (nSPS) is 20.9. The van der Waals surface area contributed by atoms with Crippen LogP contribution in [0.25, 0.3) is 0 Å². The first-order valence-electron chi connectivity index (χ1n) is 7.34. The minimum Gasteiger partial charge on any atom is -0.480 e. The van der Waals surface area contributed by atoms with Gasteiger partial charge in [0.1, 0.15) is 5.75 Å². The van der Waals surface area contributed by atoms with Gasteiger partial charge in [-0.25, -0.2) is 0 Å². The van der Waals surface area contributed by atoms with Crippen LogP contribution in [0.2, 0.25) is 0 Å². The Morgan fingerprint density at radius 1 is 1.40 bits per heavy atom. The van der Waals surface area contributed by atoms with Gasteiger partial charge in [0.15, 0.2) is 6.10 Å². The predicted octanol–water partition coefficient (Wildman–Crippen LogP) is 2.32. The lowest BCUT2D eigenvalue weighted by Crippen LogP contribution is -2.36. The zero-order valence-electron chi connectivity index (χ0n) is 12.5. The van der Waals surface area contributed by atoms with Crippen LogP contribution >= 0.6 is 0 Å². The van der Waals surface area contributed by atoms with Crippen molar-refractivity contribution in [2.24, 2.45) is 0 Å². The van der Waals surface area contributed by atoms with Crippen LogP contribution in [0.5, 0.6) is 5.75 Å². The Kier molecular flexibility index (Phi) is 5.01. The third-order valence-electron chi connectivity index (χ3n) is 3.89. The minimum atomic E-state index is -0.358. The van der Waals surface area contributed by atoms with Crippen molar-refractivity contribution in [1.82, 2.24) is 10.6 Å². The fraction of sp³-hybridized carbons (Fsp3) is 0.562. The molecule has 1 aliphatic heterocycles. The Morgan fingerprint density at radius 2 is 2.20 bits per heavy atom. The molecule has 2 atom stereocenters. The minimum absolute atomic E-state index is 0.00886. The molecule has 2 rings (SSSR count). The molecule has 4 nitrogen and oxygen atoms in total. The van der Waals surface area contributed by atoms with Crippen LogP contribution in [0.1, 0.15) is 43.4 Å². The van der Waals surface area contributed by atoms with Gasteiger partial charge in [0.25, 0.3) is 5.91 Å². The Balaban J connectivity index is 2.10. The summed E-state index contributed by atoms with van der Waals surface area (Å²) in [6.07, 6.45) is 2.49. The van der Waals surface area contributed by atoms with Gasteiger partial charge in [-0.3, -0.25) is 4.79 Å². The zero-order valence-corrected chi connectivity index (χ0v) is 12.5. The first kappa shape index (κ1) is 14.9. The first-order chi connectivity index (χ1) is 9.61. The van der Waals surface area contributed by atoms with Crippen molar-refractivity contribution < 1.29 is 9.53 Å². The van der Waals surface area contributed by atoms with Crippen LogP contribution in [0, 0.1) is 6.92 Å². The molecule has 110 valence electrons. The van der Waals surface area contributed by atoms with Gasteiger partial charge in [-0.05, 0) is 57.4 Å². The maximum absolute atomic E-state index is 11.9. The number of ether oxygens (including phenoxy) is 1. The van der Waals surface area contributed by atoms with E-state index in [1.807, 2.05) is 20.0 Å². The SMILES string of the molecule is CNC(C)c1ccc(OC2CCCCNC2=O)c(C)c1. The number of nitrogens with one attached hydrogen (secondary N) is 2. The van der Waals surface area contributed by atoms with E-state index in [0.717, 1.165) is 37.1 Å². The molecule has 0 spiro atoms. The van der Waals surface area contributed by atoms with Crippen LogP contribution in [0.3, 0.4) is 0 Å². The molecule has 0 aliphatic carbocycles. The molecule has 0 saturated carbocycles. The highest BCUT2D eigenvalue weighted by molar-refractivity contribution is 5.81. The van der Waals surface area contributed by atoms with E-state index in [-0.39, 0.29) is 12.0 Å². The topological polar surface area (TPSA) is 50.4 Å². The molecule has 1 amide bonds. The second kappa shape index (κ2) is 6.75. The third-order valence-corrected chi connectivity index (χ3v) is 3.89. The average Bonchev–Trinajstić information content (AvgIpc) is 2.65. The van der Waals surface area contributed by atoms with E-state index < -0.39 is 0 Å². The molecule has 0 aromatic heterocycles. The summed E-state index contributed by atoms with van der Waals surface area (Å²) in [5.74, 6) is 0.814. The fourth-order valence-electron chi connectivity index (χ4n) is 2.42. The van der Waals surface area contributed by atoms with Crippen molar-refractivity contribution >= 4 is 5.91 Å². The number of hydrogen-bond acceptors (Lipinski definition) is 3. The summed E-state index contributed by atoms with van der Waals surface area (Å²) < 4.78 is 5.91. The zero-order chi connectivity index (χ0) is 14.5. The first-order valence-corrected chi connectivity index (χ1v) is 7.34. The van der Waals surface area contributed by atoms with Crippen molar-refractivity contribution in [3.63, 3.8) is 0 Å². The molecule has 0 radical (unpaired) electrons. The summed E-state index contributed by atoms with van der Waals surface area (Å²) in [4.78, 5) is 11.9. The summed E-state index contributed by atoms with van der Waals surface area (Å²) in [5.41, 5.74) is 2.30. The molecule has 1 aromatic rings. The maximum Gasteiger partial charge on any atom is 0.261 e. The largest absolute Gasteiger partial charge is 0.480 e.